The van der Waals surface area contributed by atoms with Crippen molar-refractivity contribution in [3.8, 4) is 0 Å². The summed E-state index contributed by atoms with van der Waals surface area (Å²) in [5.41, 5.74) is 2.76. The van der Waals surface area contributed by atoms with Crippen molar-refractivity contribution in [2.45, 2.75) is 39.3 Å². The van der Waals surface area contributed by atoms with Crippen LogP contribution in [0.3, 0.4) is 0 Å². The predicted octanol–water partition coefficient (Wildman–Crippen LogP) is 4.07. The fourth-order valence-electron chi connectivity index (χ4n) is 4.03. The Labute approximate surface area is 224 Å². The van der Waals surface area contributed by atoms with Gasteiger partial charge < -0.3 is 10.2 Å². The molecule has 1 atom stereocenters. The van der Waals surface area contributed by atoms with Crippen molar-refractivity contribution < 1.29 is 22.4 Å². The SMILES string of the molecule is CCCNC(=O)[C@@H](Cc1ccccc1)N(Cc1ccc(F)cc1)C(=O)CN(c1ccc(C)cc1)S(C)(=O)=O. The van der Waals surface area contributed by atoms with E-state index in [1.54, 1.807) is 36.4 Å². The number of carbonyl (C=O) groups excluding carboxylic acids is 2. The average Bonchev–Trinajstić information content (AvgIpc) is 2.89. The molecule has 7 nitrogen and oxygen atoms in total. The van der Waals surface area contributed by atoms with Crippen molar-refractivity contribution in [2.24, 2.45) is 0 Å². The van der Waals surface area contributed by atoms with Crippen LogP contribution in [0, 0.1) is 12.7 Å². The summed E-state index contributed by atoms with van der Waals surface area (Å²) in [6.45, 7) is 3.76. The van der Waals surface area contributed by atoms with Crippen molar-refractivity contribution in [1.29, 1.82) is 0 Å². The highest BCUT2D eigenvalue weighted by atomic mass is 32.2. The molecule has 3 aromatic carbocycles. The van der Waals surface area contributed by atoms with Crippen molar-refractivity contribution in [2.75, 3.05) is 23.7 Å². The number of halogens is 1. The van der Waals surface area contributed by atoms with Gasteiger partial charge in [0.25, 0.3) is 0 Å². The van der Waals surface area contributed by atoms with E-state index in [4.69, 9.17) is 0 Å². The van der Waals surface area contributed by atoms with Gasteiger partial charge in [-0.25, -0.2) is 12.8 Å². The zero-order chi connectivity index (χ0) is 27.7. The van der Waals surface area contributed by atoms with Crippen molar-refractivity contribution in [1.82, 2.24) is 10.2 Å². The van der Waals surface area contributed by atoms with Gasteiger partial charge in [-0.2, -0.15) is 0 Å². The van der Waals surface area contributed by atoms with E-state index >= 15 is 0 Å². The van der Waals surface area contributed by atoms with Gasteiger partial charge in [0.15, 0.2) is 0 Å². The number of amides is 2. The molecule has 0 aliphatic rings. The minimum Gasteiger partial charge on any atom is -0.354 e. The smallest absolute Gasteiger partial charge is 0.244 e. The minimum atomic E-state index is -3.82. The molecule has 0 spiro atoms. The van der Waals surface area contributed by atoms with Crippen LogP contribution in [0.5, 0.6) is 0 Å². The largest absolute Gasteiger partial charge is 0.354 e. The first-order valence-electron chi connectivity index (χ1n) is 12.5. The molecule has 3 aromatic rings. The maximum Gasteiger partial charge on any atom is 0.244 e. The molecule has 3 rings (SSSR count). The Morgan fingerprint density at radius 3 is 2.13 bits per heavy atom. The third-order valence-electron chi connectivity index (χ3n) is 6.09. The molecule has 0 bridgehead atoms. The molecule has 2 amide bonds. The fraction of sp³-hybridized carbons (Fsp3) is 0.310. The third-order valence-corrected chi connectivity index (χ3v) is 7.23. The maximum atomic E-state index is 13.9. The molecule has 0 radical (unpaired) electrons. The molecular weight excluding hydrogens is 505 g/mol. The van der Waals surface area contributed by atoms with Crippen LogP contribution in [0.1, 0.15) is 30.0 Å². The predicted molar refractivity (Wildman–Crippen MR) is 148 cm³/mol. The second-order valence-corrected chi connectivity index (χ2v) is 11.2. The summed E-state index contributed by atoms with van der Waals surface area (Å²) in [5, 5.41) is 2.88. The molecule has 0 aromatic heterocycles. The number of benzene rings is 3. The molecule has 0 unspecified atom stereocenters. The molecule has 0 fully saturated rings. The van der Waals surface area contributed by atoms with Gasteiger partial charge in [-0.1, -0.05) is 67.1 Å². The van der Waals surface area contributed by atoms with Gasteiger partial charge in [-0.05, 0) is 48.7 Å². The summed E-state index contributed by atoms with van der Waals surface area (Å²) < 4.78 is 40.1. The first-order valence-corrected chi connectivity index (χ1v) is 14.3. The lowest BCUT2D eigenvalue weighted by atomic mass is 10.0. The second kappa shape index (κ2) is 13.2. The van der Waals surface area contributed by atoms with Crippen LogP contribution in [0.25, 0.3) is 0 Å². The zero-order valence-corrected chi connectivity index (χ0v) is 22.7. The molecule has 0 aliphatic heterocycles. The number of nitrogens with one attached hydrogen (secondary N) is 1. The number of sulfonamides is 1. The summed E-state index contributed by atoms with van der Waals surface area (Å²) in [6, 6.07) is 20.9. The monoisotopic (exact) mass is 539 g/mol. The van der Waals surface area contributed by atoms with Crippen molar-refractivity contribution >= 4 is 27.5 Å². The van der Waals surface area contributed by atoms with Gasteiger partial charge in [-0.15, -0.1) is 0 Å². The highest BCUT2D eigenvalue weighted by molar-refractivity contribution is 7.92. The maximum absolute atomic E-state index is 13.9. The molecule has 38 heavy (non-hydrogen) atoms. The van der Waals surface area contributed by atoms with Gasteiger partial charge in [0.05, 0.1) is 11.9 Å². The summed E-state index contributed by atoms with van der Waals surface area (Å²) in [7, 11) is -3.82. The molecule has 0 aliphatic carbocycles. The van der Waals surface area contributed by atoms with Gasteiger partial charge in [0.1, 0.15) is 18.4 Å². The van der Waals surface area contributed by atoms with Crippen LogP contribution in [-0.4, -0.2) is 50.5 Å². The van der Waals surface area contributed by atoms with Crippen LogP contribution < -0.4 is 9.62 Å². The lowest BCUT2D eigenvalue weighted by molar-refractivity contribution is -0.140. The van der Waals surface area contributed by atoms with E-state index in [2.05, 4.69) is 5.32 Å². The van der Waals surface area contributed by atoms with E-state index in [9.17, 15) is 22.4 Å². The lowest BCUT2D eigenvalue weighted by Gasteiger charge is -2.33. The van der Waals surface area contributed by atoms with Crippen LogP contribution >= 0.6 is 0 Å². The molecule has 0 saturated carbocycles. The summed E-state index contributed by atoms with van der Waals surface area (Å²) in [5.74, 6) is -1.31. The number of aryl methyl sites for hydroxylation is 1. The standard InChI is InChI=1S/C29H34FN3O4S/c1-4-18-31-29(35)27(19-23-8-6-5-7-9-23)32(20-24-12-14-25(30)15-13-24)28(34)21-33(38(3,36)37)26-16-10-22(2)11-17-26/h5-17,27H,4,18-21H2,1-3H3,(H,31,35)/t27-/m1/s1. The number of hydrogen-bond acceptors (Lipinski definition) is 4. The van der Waals surface area contributed by atoms with E-state index in [0.717, 1.165) is 21.7 Å². The topological polar surface area (TPSA) is 86.8 Å². The Bertz CT molecular complexity index is 1310. The highest BCUT2D eigenvalue weighted by Crippen LogP contribution is 2.21. The summed E-state index contributed by atoms with van der Waals surface area (Å²) in [6.07, 6.45) is 1.98. The molecule has 9 heteroatoms. The van der Waals surface area contributed by atoms with Crippen LogP contribution in [0.2, 0.25) is 0 Å². The second-order valence-electron chi connectivity index (χ2n) is 9.25. The van der Waals surface area contributed by atoms with Gasteiger partial charge in [0.2, 0.25) is 21.8 Å². The van der Waals surface area contributed by atoms with Gasteiger partial charge >= 0.3 is 0 Å². The lowest BCUT2D eigenvalue weighted by Crippen LogP contribution is -2.53. The van der Waals surface area contributed by atoms with Gasteiger partial charge in [0, 0.05) is 19.5 Å². The summed E-state index contributed by atoms with van der Waals surface area (Å²) >= 11 is 0. The molecule has 1 N–H and O–H groups in total. The number of hydrogen-bond donors (Lipinski definition) is 1. The minimum absolute atomic E-state index is 0.00165. The molecule has 0 heterocycles. The Morgan fingerprint density at radius 1 is 0.921 bits per heavy atom. The van der Waals surface area contributed by atoms with E-state index < -0.39 is 34.3 Å². The van der Waals surface area contributed by atoms with Crippen molar-refractivity contribution in [3.05, 3.63) is 101 Å². The van der Waals surface area contributed by atoms with Crippen LogP contribution in [0.15, 0.2) is 78.9 Å². The average molecular weight is 540 g/mol. The summed E-state index contributed by atoms with van der Waals surface area (Å²) in [4.78, 5) is 28.7. The Balaban J connectivity index is 2.02. The number of rotatable bonds is 12. The van der Waals surface area contributed by atoms with Crippen LogP contribution in [-0.2, 0) is 32.6 Å². The van der Waals surface area contributed by atoms with E-state index in [1.165, 1.54) is 17.0 Å². The quantitative estimate of drug-likeness (QED) is 0.376. The molecular formula is C29H34FN3O4S. The first-order chi connectivity index (χ1) is 18.1. The zero-order valence-electron chi connectivity index (χ0n) is 21.9. The normalized spacial score (nSPS) is 12.0. The molecule has 202 valence electrons. The Kier molecular flexibility index (Phi) is 10.0. The third kappa shape index (κ3) is 8.14. The highest BCUT2D eigenvalue weighted by Gasteiger charge is 2.32. The van der Waals surface area contributed by atoms with E-state index in [0.29, 0.717) is 24.2 Å². The fourth-order valence-corrected chi connectivity index (χ4v) is 4.88. The van der Waals surface area contributed by atoms with Crippen LogP contribution in [0.4, 0.5) is 10.1 Å². The molecule has 0 saturated heterocycles. The van der Waals surface area contributed by atoms with E-state index in [-0.39, 0.29) is 18.9 Å². The van der Waals surface area contributed by atoms with Crippen molar-refractivity contribution in [3.63, 3.8) is 0 Å². The van der Waals surface area contributed by atoms with Gasteiger partial charge in [-0.3, -0.25) is 13.9 Å². The number of carbonyl (C=O) groups is 2. The Morgan fingerprint density at radius 2 is 1.55 bits per heavy atom. The van der Waals surface area contributed by atoms with E-state index in [1.807, 2.05) is 44.2 Å². The first kappa shape index (κ1) is 28.8. The number of anilines is 1. The Hall–Kier alpha value is -3.72. The number of nitrogens with zero attached hydrogens (tertiary/aromatic N) is 2.